The van der Waals surface area contributed by atoms with E-state index in [1.807, 2.05) is 0 Å². The molecule has 0 aliphatic heterocycles. The van der Waals surface area contributed by atoms with Crippen LogP contribution in [0.5, 0.6) is 0 Å². The standard InChI is InChI=1S/C19H21N3O8S4/c1-32(23,24)22-16-7-5-13(18(11-16)34(28,29)30)3-2-12-4-6-15(10-17(12)33(25,26)27)21-19(31)20-14-8-9-14/h2-7,10-11,14,22H,8-9H2,1H3,(H2,20,21,31)(H,25,26,27)(H,28,29,30). The van der Waals surface area contributed by atoms with Gasteiger partial charge in [0, 0.05) is 17.4 Å². The van der Waals surface area contributed by atoms with Crippen LogP contribution in [0.1, 0.15) is 24.0 Å². The predicted molar refractivity (Wildman–Crippen MR) is 132 cm³/mol. The van der Waals surface area contributed by atoms with E-state index in [9.17, 15) is 34.4 Å². The number of sulfonamides is 1. The van der Waals surface area contributed by atoms with E-state index in [0.29, 0.717) is 10.8 Å². The van der Waals surface area contributed by atoms with E-state index in [-0.39, 0.29) is 22.9 Å². The molecule has 1 aliphatic rings. The van der Waals surface area contributed by atoms with Crippen LogP contribution in [0, 0.1) is 0 Å². The second-order valence-corrected chi connectivity index (χ2v) is 12.5. The summed E-state index contributed by atoms with van der Waals surface area (Å²) in [6.45, 7) is 0. The molecular formula is C19H21N3O8S4. The van der Waals surface area contributed by atoms with Gasteiger partial charge in [0.15, 0.2) is 5.11 Å². The van der Waals surface area contributed by atoms with E-state index >= 15 is 0 Å². The topological polar surface area (TPSA) is 179 Å². The molecule has 0 aromatic heterocycles. The van der Waals surface area contributed by atoms with Gasteiger partial charge >= 0.3 is 0 Å². The van der Waals surface area contributed by atoms with Crippen LogP contribution >= 0.6 is 12.2 Å². The highest BCUT2D eigenvalue weighted by Gasteiger charge is 2.22. The van der Waals surface area contributed by atoms with Crippen molar-refractivity contribution in [2.24, 2.45) is 0 Å². The lowest BCUT2D eigenvalue weighted by Crippen LogP contribution is -2.30. The molecule has 0 radical (unpaired) electrons. The molecule has 0 bridgehead atoms. The van der Waals surface area contributed by atoms with Crippen LogP contribution in [0.25, 0.3) is 12.2 Å². The fourth-order valence-electron chi connectivity index (χ4n) is 2.91. The predicted octanol–water partition coefficient (Wildman–Crippen LogP) is 2.17. The van der Waals surface area contributed by atoms with Crippen molar-refractivity contribution in [3.05, 3.63) is 47.5 Å². The summed E-state index contributed by atoms with van der Waals surface area (Å²) >= 11 is 5.16. The summed E-state index contributed by atoms with van der Waals surface area (Å²) in [5, 5.41) is 6.16. The summed E-state index contributed by atoms with van der Waals surface area (Å²) in [5.41, 5.74) is 0.170. The summed E-state index contributed by atoms with van der Waals surface area (Å²) < 4.78 is 91.7. The maximum Gasteiger partial charge on any atom is 0.295 e. The van der Waals surface area contributed by atoms with Crippen molar-refractivity contribution in [2.75, 3.05) is 16.3 Å². The van der Waals surface area contributed by atoms with Crippen molar-refractivity contribution >= 4 is 71.1 Å². The number of nitrogens with one attached hydrogen (secondary N) is 3. The first kappa shape index (κ1) is 26.1. The van der Waals surface area contributed by atoms with Gasteiger partial charge in [0.1, 0.15) is 9.79 Å². The fraction of sp³-hybridized carbons (Fsp3) is 0.211. The molecule has 11 nitrogen and oxygen atoms in total. The lowest BCUT2D eigenvalue weighted by atomic mass is 10.1. The molecule has 0 spiro atoms. The molecule has 1 saturated carbocycles. The Morgan fingerprint density at radius 3 is 1.79 bits per heavy atom. The minimum Gasteiger partial charge on any atom is -0.360 e. The van der Waals surface area contributed by atoms with Crippen LogP contribution in [0.2, 0.25) is 0 Å². The Morgan fingerprint density at radius 2 is 1.35 bits per heavy atom. The second kappa shape index (κ2) is 9.59. The van der Waals surface area contributed by atoms with Gasteiger partial charge in [0.2, 0.25) is 10.0 Å². The van der Waals surface area contributed by atoms with Crippen molar-refractivity contribution < 1.29 is 34.4 Å². The molecule has 15 heteroatoms. The van der Waals surface area contributed by atoms with E-state index in [4.69, 9.17) is 12.2 Å². The largest absolute Gasteiger partial charge is 0.360 e. The van der Waals surface area contributed by atoms with Gasteiger partial charge in [-0.1, -0.05) is 24.3 Å². The highest BCUT2D eigenvalue weighted by Crippen LogP contribution is 2.27. The average Bonchev–Trinajstić information content (AvgIpc) is 3.48. The Bertz CT molecular complexity index is 1480. The maximum atomic E-state index is 11.9. The molecule has 34 heavy (non-hydrogen) atoms. The highest BCUT2D eigenvalue weighted by atomic mass is 32.2. The number of rotatable bonds is 8. The molecule has 0 amide bonds. The monoisotopic (exact) mass is 547 g/mol. The summed E-state index contributed by atoms with van der Waals surface area (Å²) in [6.07, 6.45) is 5.26. The summed E-state index contributed by atoms with van der Waals surface area (Å²) in [4.78, 5) is -1.08. The Hall–Kier alpha value is -2.56. The molecule has 0 unspecified atom stereocenters. The molecule has 1 aliphatic carbocycles. The van der Waals surface area contributed by atoms with E-state index in [2.05, 4.69) is 15.4 Å². The second-order valence-electron chi connectivity index (χ2n) is 7.54. The molecule has 1 fully saturated rings. The number of hydrogen-bond donors (Lipinski definition) is 5. The van der Waals surface area contributed by atoms with Crippen LogP contribution in [0.3, 0.4) is 0 Å². The minimum absolute atomic E-state index is 0.0220. The first-order valence-electron chi connectivity index (χ1n) is 9.58. The lowest BCUT2D eigenvalue weighted by molar-refractivity contribution is 0.480. The van der Waals surface area contributed by atoms with Crippen LogP contribution in [0.4, 0.5) is 11.4 Å². The van der Waals surface area contributed by atoms with Gasteiger partial charge < -0.3 is 10.6 Å². The third-order valence-corrected chi connectivity index (χ3v) is 7.14. The van der Waals surface area contributed by atoms with Crippen LogP contribution in [-0.2, 0) is 30.3 Å². The third kappa shape index (κ3) is 7.48. The van der Waals surface area contributed by atoms with Crippen molar-refractivity contribution in [1.29, 1.82) is 0 Å². The third-order valence-electron chi connectivity index (χ3n) is 4.50. The molecule has 2 aromatic rings. The van der Waals surface area contributed by atoms with Crippen molar-refractivity contribution in [2.45, 2.75) is 28.7 Å². The van der Waals surface area contributed by atoms with Gasteiger partial charge in [-0.3, -0.25) is 13.8 Å². The summed E-state index contributed by atoms with van der Waals surface area (Å²) in [5.74, 6) is 0. The molecule has 0 heterocycles. The van der Waals surface area contributed by atoms with E-state index in [1.54, 1.807) is 0 Å². The van der Waals surface area contributed by atoms with Gasteiger partial charge in [-0.2, -0.15) is 16.8 Å². The number of anilines is 2. The summed E-state index contributed by atoms with van der Waals surface area (Å²) in [7, 11) is -13.1. The summed E-state index contributed by atoms with van der Waals surface area (Å²) in [6, 6.07) is 7.73. The Balaban J connectivity index is 1.96. The van der Waals surface area contributed by atoms with Gasteiger partial charge in [0.05, 0.1) is 6.26 Å². The van der Waals surface area contributed by atoms with Crippen molar-refractivity contribution in [3.63, 3.8) is 0 Å². The molecule has 5 N–H and O–H groups in total. The number of benzene rings is 2. The normalized spacial score (nSPS) is 14.7. The van der Waals surface area contributed by atoms with E-state index in [1.165, 1.54) is 42.5 Å². The first-order valence-corrected chi connectivity index (χ1v) is 14.8. The zero-order valence-electron chi connectivity index (χ0n) is 17.6. The quantitative estimate of drug-likeness (QED) is 0.186. The Kier molecular flexibility index (Phi) is 7.35. The van der Waals surface area contributed by atoms with E-state index < -0.39 is 40.1 Å². The molecule has 3 rings (SSSR count). The number of hydrogen-bond acceptors (Lipinski definition) is 7. The SMILES string of the molecule is CS(=O)(=O)Nc1ccc(C=Cc2ccc(NC(=S)NC3CC3)cc2S(=O)(=O)O)c(S(=O)(=O)O)c1. The minimum atomic E-state index is -4.76. The van der Waals surface area contributed by atoms with Crippen LogP contribution < -0.4 is 15.4 Å². The maximum absolute atomic E-state index is 11.9. The van der Waals surface area contributed by atoms with Crippen LogP contribution in [0.15, 0.2) is 46.2 Å². The van der Waals surface area contributed by atoms with Crippen molar-refractivity contribution in [1.82, 2.24) is 5.32 Å². The number of thiocarbonyl (C=S) groups is 1. The molecule has 184 valence electrons. The molecule has 2 aromatic carbocycles. The average molecular weight is 548 g/mol. The molecule has 0 atom stereocenters. The molecular weight excluding hydrogens is 526 g/mol. The Labute approximate surface area is 202 Å². The van der Waals surface area contributed by atoms with Gasteiger partial charge in [-0.25, -0.2) is 8.42 Å². The lowest BCUT2D eigenvalue weighted by Gasteiger charge is -2.12. The zero-order chi connectivity index (χ0) is 25.3. The Morgan fingerprint density at radius 1 is 0.882 bits per heavy atom. The van der Waals surface area contributed by atoms with Gasteiger partial charge in [-0.05, 0) is 60.5 Å². The zero-order valence-corrected chi connectivity index (χ0v) is 20.9. The van der Waals surface area contributed by atoms with Crippen LogP contribution in [-0.4, -0.2) is 51.8 Å². The fourth-order valence-corrected chi connectivity index (χ4v) is 5.17. The highest BCUT2D eigenvalue weighted by molar-refractivity contribution is 7.92. The van der Waals surface area contributed by atoms with Crippen molar-refractivity contribution in [3.8, 4) is 0 Å². The van der Waals surface area contributed by atoms with Gasteiger partial charge in [0.25, 0.3) is 20.2 Å². The van der Waals surface area contributed by atoms with E-state index in [0.717, 1.165) is 25.2 Å². The first-order chi connectivity index (χ1) is 15.6. The molecule has 0 saturated heterocycles. The smallest absolute Gasteiger partial charge is 0.295 e. The van der Waals surface area contributed by atoms with Gasteiger partial charge in [-0.15, -0.1) is 0 Å².